The number of urea groups is 1. The number of rotatable bonds is 5. The molecule has 3 amide bonds. The highest BCUT2D eigenvalue weighted by Crippen LogP contribution is 2.23. The third-order valence-electron chi connectivity index (χ3n) is 4.27. The lowest BCUT2D eigenvalue weighted by molar-refractivity contribution is -0.132. The van der Waals surface area contributed by atoms with Crippen molar-refractivity contribution >= 4 is 44.3 Å². The summed E-state index contributed by atoms with van der Waals surface area (Å²) in [6, 6.07) is 6.43. The number of thiazole rings is 1. The van der Waals surface area contributed by atoms with Gasteiger partial charge >= 0.3 is 6.03 Å². The van der Waals surface area contributed by atoms with Crippen LogP contribution in [-0.4, -0.2) is 48.0 Å². The number of primary amides is 1. The van der Waals surface area contributed by atoms with Crippen molar-refractivity contribution in [2.75, 3.05) is 31.1 Å². The molecule has 2 heterocycles. The maximum Gasteiger partial charge on any atom is 0.312 e. The number of benzene rings is 1. The van der Waals surface area contributed by atoms with Gasteiger partial charge in [-0.25, -0.2) is 9.78 Å². The zero-order valence-electron chi connectivity index (χ0n) is 14.1. The number of carbonyl (C=O) groups excluding carboxylic acids is 2. The van der Waals surface area contributed by atoms with Gasteiger partial charge in [-0.2, -0.15) is 0 Å². The van der Waals surface area contributed by atoms with E-state index in [0.717, 1.165) is 28.3 Å². The van der Waals surface area contributed by atoms with Gasteiger partial charge in [0, 0.05) is 42.2 Å². The summed E-state index contributed by atoms with van der Waals surface area (Å²) < 4.78 is 0.885. The van der Waals surface area contributed by atoms with Crippen LogP contribution in [0.15, 0.2) is 40.3 Å². The first-order valence-electron chi connectivity index (χ1n) is 8.26. The fourth-order valence-electron chi connectivity index (χ4n) is 2.97. The summed E-state index contributed by atoms with van der Waals surface area (Å²) >= 11 is 5.02. The molecule has 0 aliphatic carbocycles. The number of hydrogen-bond donors (Lipinski definition) is 2. The van der Waals surface area contributed by atoms with E-state index in [1.807, 2.05) is 34.5 Å². The van der Waals surface area contributed by atoms with Crippen LogP contribution < -0.4 is 16.0 Å². The molecule has 1 aromatic carbocycles. The van der Waals surface area contributed by atoms with Crippen molar-refractivity contribution in [3.8, 4) is 0 Å². The van der Waals surface area contributed by atoms with Crippen molar-refractivity contribution in [3.05, 3.63) is 45.9 Å². The highest BCUT2D eigenvalue weighted by molar-refractivity contribution is 9.10. The van der Waals surface area contributed by atoms with Gasteiger partial charge in [0.05, 0.1) is 12.5 Å². The summed E-state index contributed by atoms with van der Waals surface area (Å²) in [7, 11) is 0. The number of piperazine rings is 1. The molecule has 138 valence electrons. The number of anilines is 1. The summed E-state index contributed by atoms with van der Waals surface area (Å²) in [5.74, 6) is 0.00233. The molecule has 3 N–H and O–H groups in total. The molecule has 0 radical (unpaired) electrons. The number of nitrogens with two attached hydrogens (primary N) is 1. The van der Waals surface area contributed by atoms with E-state index < -0.39 is 12.1 Å². The lowest BCUT2D eigenvalue weighted by atomic mass is 10.0. The Labute approximate surface area is 164 Å². The van der Waals surface area contributed by atoms with Crippen LogP contribution in [0, 0.1) is 0 Å². The quantitative estimate of drug-likeness (QED) is 0.750. The lowest BCUT2D eigenvalue weighted by Gasteiger charge is -2.35. The van der Waals surface area contributed by atoms with Crippen LogP contribution in [0.1, 0.15) is 18.0 Å². The number of halogens is 1. The molecule has 1 aliphatic heterocycles. The average Bonchev–Trinajstić information content (AvgIpc) is 3.15. The zero-order chi connectivity index (χ0) is 18.5. The molecule has 1 atom stereocenters. The summed E-state index contributed by atoms with van der Waals surface area (Å²) in [6.07, 6.45) is 1.96. The van der Waals surface area contributed by atoms with Crippen LogP contribution >= 0.6 is 27.3 Å². The smallest absolute Gasteiger partial charge is 0.312 e. The first kappa shape index (κ1) is 18.7. The Bertz CT molecular complexity index is 762. The highest BCUT2D eigenvalue weighted by atomic mass is 79.9. The average molecular weight is 438 g/mol. The molecular weight excluding hydrogens is 418 g/mol. The predicted octanol–water partition coefficient (Wildman–Crippen LogP) is 2.35. The number of hydrogen-bond acceptors (Lipinski definition) is 5. The van der Waals surface area contributed by atoms with Crippen LogP contribution in [-0.2, 0) is 4.79 Å². The molecule has 1 aromatic heterocycles. The van der Waals surface area contributed by atoms with Crippen molar-refractivity contribution in [3.63, 3.8) is 0 Å². The van der Waals surface area contributed by atoms with Crippen LogP contribution in [0.5, 0.6) is 0 Å². The van der Waals surface area contributed by atoms with Crippen LogP contribution in [0.4, 0.5) is 9.93 Å². The van der Waals surface area contributed by atoms with E-state index in [2.05, 4.69) is 31.1 Å². The van der Waals surface area contributed by atoms with Crippen molar-refractivity contribution in [1.29, 1.82) is 0 Å². The Hall–Kier alpha value is -2.13. The fraction of sp³-hybridized carbons (Fsp3) is 0.353. The Morgan fingerprint density at radius 3 is 2.69 bits per heavy atom. The van der Waals surface area contributed by atoms with E-state index in [0.29, 0.717) is 13.1 Å². The monoisotopic (exact) mass is 437 g/mol. The maximum atomic E-state index is 12.7. The van der Waals surface area contributed by atoms with Crippen molar-refractivity contribution in [2.24, 2.45) is 5.73 Å². The van der Waals surface area contributed by atoms with Gasteiger partial charge in [-0.3, -0.25) is 4.79 Å². The Balaban J connectivity index is 1.62. The first-order valence-corrected chi connectivity index (χ1v) is 9.94. The third-order valence-corrected chi connectivity index (χ3v) is 5.59. The lowest BCUT2D eigenvalue weighted by Crippen LogP contribution is -2.49. The second-order valence-electron chi connectivity index (χ2n) is 6.00. The van der Waals surface area contributed by atoms with E-state index in [1.165, 1.54) is 0 Å². The summed E-state index contributed by atoms with van der Waals surface area (Å²) in [5.41, 5.74) is 6.14. The van der Waals surface area contributed by atoms with Gasteiger partial charge in [0.1, 0.15) is 0 Å². The van der Waals surface area contributed by atoms with E-state index in [9.17, 15) is 9.59 Å². The second kappa shape index (κ2) is 8.50. The zero-order valence-corrected chi connectivity index (χ0v) is 16.5. The predicted molar refractivity (Wildman–Crippen MR) is 105 cm³/mol. The summed E-state index contributed by atoms with van der Waals surface area (Å²) in [5, 5.41) is 5.61. The van der Waals surface area contributed by atoms with Gasteiger partial charge in [-0.05, 0) is 17.7 Å². The molecular formula is C17H20BrN5O2S. The maximum absolute atomic E-state index is 12.7. The second-order valence-corrected chi connectivity index (χ2v) is 7.79. The molecule has 26 heavy (non-hydrogen) atoms. The minimum Gasteiger partial charge on any atom is -0.352 e. The molecule has 0 saturated carbocycles. The Kier molecular flexibility index (Phi) is 6.10. The Morgan fingerprint density at radius 2 is 2.08 bits per heavy atom. The van der Waals surface area contributed by atoms with Crippen LogP contribution in [0.2, 0.25) is 0 Å². The van der Waals surface area contributed by atoms with Gasteiger partial charge in [-0.1, -0.05) is 28.1 Å². The van der Waals surface area contributed by atoms with E-state index >= 15 is 0 Å². The molecule has 9 heteroatoms. The minimum atomic E-state index is -0.642. The van der Waals surface area contributed by atoms with Crippen molar-refractivity contribution < 1.29 is 9.59 Å². The van der Waals surface area contributed by atoms with Gasteiger partial charge in [0.25, 0.3) is 0 Å². The van der Waals surface area contributed by atoms with E-state index in [1.54, 1.807) is 17.5 Å². The van der Waals surface area contributed by atoms with Crippen molar-refractivity contribution in [1.82, 2.24) is 15.2 Å². The highest BCUT2D eigenvalue weighted by Gasteiger charge is 2.25. The first-order chi connectivity index (χ1) is 12.5. The molecule has 1 aliphatic rings. The largest absolute Gasteiger partial charge is 0.352 e. The fourth-order valence-corrected chi connectivity index (χ4v) is 4.08. The van der Waals surface area contributed by atoms with E-state index in [-0.39, 0.29) is 12.3 Å². The number of amides is 3. The number of carbonyl (C=O) groups is 2. The van der Waals surface area contributed by atoms with Gasteiger partial charge in [0.15, 0.2) is 5.13 Å². The third kappa shape index (κ3) is 4.73. The standard InChI is InChI=1S/C17H20BrN5O2S/c18-13-3-1-2-12(10-13)14(21-16(19)25)11-15(24)22-5-7-23(8-6-22)17-20-4-9-26-17/h1-4,9-10,14H,5-8,11H2,(H3,19,21,25)/t14-/m0/s1. The molecule has 0 unspecified atom stereocenters. The molecule has 1 fully saturated rings. The van der Waals surface area contributed by atoms with Crippen LogP contribution in [0.25, 0.3) is 0 Å². The molecule has 0 bridgehead atoms. The van der Waals surface area contributed by atoms with E-state index in [4.69, 9.17) is 5.73 Å². The van der Waals surface area contributed by atoms with Crippen LogP contribution in [0.3, 0.4) is 0 Å². The van der Waals surface area contributed by atoms with Gasteiger partial charge in [0.2, 0.25) is 5.91 Å². The molecule has 0 spiro atoms. The molecule has 1 saturated heterocycles. The van der Waals surface area contributed by atoms with Crippen molar-refractivity contribution in [2.45, 2.75) is 12.5 Å². The van der Waals surface area contributed by atoms with Gasteiger partial charge < -0.3 is 20.9 Å². The SMILES string of the molecule is NC(=O)N[C@@H](CC(=O)N1CCN(c2nccs2)CC1)c1cccc(Br)c1. The summed E-state index contributed by atoms with van der Waals surface area (Å²) in [6.45, 7) is 2.79. The molecule has 7 nitrogen and oxygen atoms in total. The number of nitrogens with zero attached hydrogens (tertiary/aromatic N) is 3. The number of nitrogens with one attached hydrogen (secondary N) is 1. The Morgan fingerprint density at radius 1 is 1.31 bits per heavy atom. The summed E-state index contributed by atoms with van der Waals surface area (Å²) in [4.78, 5) is 32.4. The topological polar surface area (TPSA) is 91.6 Å². The molecule has 2 aromatic rings. The van der Waals surface area contributed by atoms with Gasteiger partial charge in [-0.15, -0.1) is 11.3 Å². The normalized spacial score (nSPS) is 15.6. The minimum absolute atomic E-state index is 0.00233. The molecule has 3 rings (SSSR count). The number of aromatic nitrogens is 1.